The topological polar surface area (TPSA) is 65.9 Å². The van der Waals surface area contributed by atoms with Crippen LogP contribution in [-0.4, -0.2) is 37.9 Å². The highest BCUT2D eigenvalue weighted by Gasteiger charge is 2.33. The normalized spacial score (nSPS) is 17.0. The third-order valence-electron chi connectivity index (χ3n) is 4.83. The van der Waals surface area contributed by atoms with Crippen molar-refractivity contribution in [2.24, 2.45) is 10.4 Å². The Morgan fingerprint density at radius 3 is 2.54 bits per heavy atom. The minimum Gasteiger partial charge on any atom is -0.508 e. The maximum Gasteiger partial charge on any atom is 0.191 e. The lowest BCUT2D eigenvalue weighted by atomic mass is 9.83. The Morgan fingerprint density at radius 1 is 1.21 bits per heavy atom. The van der Waals surface area contributed by atoms with Gasteiger partial charge in [0.1, 0.15) is 5.75 Å². The fourth-order valence-electron chi connectivity index (χ4n) is 3.34. The largest absolute Gasteiger partial charge is 0.508 e. The third kappa shape index (κ3) is 5.71. The number of nitrogens with one attached hydrogen (secondary N) is 2. The minimum atomic E-state index is 0.286. The van der Waals surface area contributed by atoms with Gasteiger partial charge in [-0.3, -0.25) is 0 Å². The van der Waals surface area contributed by atoms with E-state index in [-0.39, 0.29) is 5.75 Å². The van der Waals surface area contributed by atoms with Crippen LogP contribution in [0.2, 0.25) is 0 Å². The number of phenols is 1. The lowest BCUT2D eigenvalue weighted by molar-refractivity contribution is 0.138. The molecule has 3 N–H and O–H groups in total. The van der Waals surface area contributed by atoms with Gasteiger partial charge in [-0.1, -0.05) is 25.0 Å². The zero-order valence-corrected chi connectivity index (χ0v) is 15.0. The van der Waals surface area contributed by atoms with Gasteiger partial charge in [-0.15, -0.1) is 0 Å². The van der Waals surface area contributed by atoms with E-state index in [1.165, 1.54) is 25.7 Å². The molecule has 0 saturated heterocycles. The first-order valence-corrected chi connectivity index (χ1v) is 8.96. The van der Waals surface area contributed by atoms with Crippen LogP contribution in [0.4, 0.5) is 0 Å². The average Bonchev–Trinajstić information content (AvgIpc) is 3.06. The predicted molar refractivity (Wildman–Crippen MR) is 98.3 cm³/mol. The van der Waals surface area contributed by atoms with Crippen molar-refractivity contribution < 1.29 is 9.84 Å². The summed E-state index contributed by atoms with van der Waals surface area (Å²) in [5.41, 5.74) is 1.42. The van der Waals surface area contributed by atoms with Gasteiger partial charge in [0, 0.05) is 26.8 Å². The lowest BCUT2D eigenvalue weighted by Gasteiger charge is -2.30. The monoisotopic (exact) mass is 333 g/mol. The SMILES string of the molecule is CCNC(=NCc1ccc(O)cc1)NCC1(CCOC)CCCC1. The number of benzene rings is 1. The van der Waals surface area contributed by atoms with E-state index < -0.39 is 0 Å². The minimum absolute atomic E-state index is 0.286. The van der Waals surface area contributed by atoms with E-state index in [0.717, 1.165) is 37.6 Å². The van der Waals surface area contributed by atoms with Crippen LogP contribution in [0.15, 0.2) is 29.3 Å². The highest BCUT2D eigenvalue weighted by molar-refractivity contribution is 5.79. The van der Waals surface area contributed by atoms with Gasteiger partial charge in [0.2, 0.25) is 0 Å². The Bertz CT molecular complexity index is 508. The second-order valence-corrected chi connectivity index (χ2v) is 6.67. The van der Waals surface area contributed by atoms with Crippen molar-refractivity contribution in [2.75, 3.05) is 26.8 Å². The Balaban J connectivity index is 1.93. The summed E-state index contributed by atoms with van der Waals surface area (Å²) in [5.74, 6) is 1.14. The van der Waals surface area contributed by atoms with Crippen molar-refractivity contribution in [2.45, 2.75) is 45.6 Å². The molecule has 1 saturated carbocycles. The van der Waals surface area contributed by atoms with Crippen molar-refractivity contribution >= 4 is 5.96 Å². The molecule has 5 nitrogen and oxygen atoms in total. The predicted octanol–water partition coefficient (Wildman–Crippen LogP) is 3.04. The van der Waals surface area contributed by atoms with Crippen LogP contribution in [0.25, 0.3) is 0 Å². The molecule has 1 fully saturated rings. The number of guanidine groups is 1. The first kappa shape index (κ1) is 18.6. The van der Waals surface area contributed by atoms with E-state index in [9.17, 15) is 5.11 Å². The van der Waals surface area contributed by atoms with E-state index in [0.29, 0.717) is 12.0 Å². The summed E-state index contributed by atoms with van der Waals surface area (Å²) in [6.07, 6.45) is 6.26. The molecular weight excluding hydrogens is 302 g/mol. The maximum atomic E-state index is 9.35. The molecular formula is C19H31N3O2. The van der Waals surface area contributed by atoms with E-state index in [1.807, 2.05) is 12.1 Å². The van der Waals surface area contributed by atoms with E-state index >= 15 is 0 Å². The Hall–Kier alpha value is -1.75. The summed E-state index contributed by atoms with van der Waals surface area (Å²) in [4.78, 5) is 4.67. The van der Waals surface area contributed by atoms with E-state index in [4.69, 9.17) is 4.74 Å². The molecule has 0 bridgehead atoms. The number of hydrogen-bond donors (Lipinski definition) is 3. The molecule has 5 heteroatoms. The molecule has 0 heterocycles. The van der Waals surface area contributed by atoms with Crippen molar-refractivity contribution in [3.63, 3.8) is 0 Å². The quantitative estimate of drug-likeness (QED) is 0.505. The number of nitrogens with zero attached hydrogens (tertiary/aromatic N) is 1. The summed E-state index contributed by atoms with van der Waals surface area (Å²) in [7, 11) is 1.78. The van der Waals surface area contributed by atoms with Crippen LogP contribution < -0.4 is 10.6 Å². The molecule has 1 aliphatic rings. The number of ether oxygens (including phenoxy) is 1. The smallest absolute Gasteiger partial charge is 0.191 e. The molecule has 0 atom stereocenters. The lowest BCUT2D eigenvalue weighted by Crippen LogP contribution is -2.43. The van der Waals surface area contributed by atoms with Gasteiger partial charge >= 0.3 is 0 Å². The molecule has 0 aromatic heterocycles. The van der Waals surface area contributed by atoms with Gasteiger partial charge < -0.3 is 20.5 Å². The molecule has 0 radical (unpaired) electrons. The number of phenolic OH excluding ortho intramolecular Hbond substituents is 1. The van der Waals surface area contributed by atoms with Gasteiger partial charge in [0.15, 0.2) is 5.96 Å². The van der Waals surface area contributed by atoms with Crippen LogP contribution in [0, 0.1) is 5.41 Å². The second kappa shape index (κ2) is 9.52. The highest BCUT2D eigenvalue weighted by Crippen LogP contribution is 2.40. The van der Waals surface area contributed by atoms with Crippen molar-refractivity contribution in [1.29, 1.82) is 0 Å². The van der Waals surface area contributed by atoms with Gasteiger partial charge in [-0.05, 0) is 49.3 Å². The molecule has 1 aromatic carbocycles. The number of rotatable bonds is 8. The molecule has 0 amide bonds. The van der Waals surface area contributed by atoms with Gasteiger partial charge in [-0.2, -0.15) is 0 Å². The first-order valence-electron chi connectivity index (χ1n) is 8.96. The van der Waals surface area contributed by atoms with Crippen molar-refractivity contribution in [3.05, 3.63) is 29.8 Å². The van der Waals surface area contributed by atoms with E-state index in [1.54, 1.807) is 19.2 Å². The fourth-order valence-corrected chi connectivity index (χ4v) is 3.34. The molecule has 1 aromatic rings. The van der Waals surface area contributed by atoms with Crippen LogP contribution >= 0.6 is 0 Å². The zero-order chi connectivity index (χ0) is 17.3. The molecule has 0 aliphatic heterocycles. The Labute approximate surface area is 145 Å². The summed E-state index contributed by atoms with van der Waals surface area (Å²) in [6, 6.07) is 7.20. The summed E-state index contributed by atoms with van der Waals surface area (Å²) >= 11 is 0. The molecule has 0 unspecified atom stereocenters. The molecule has 2 rings (SSSR count). The third-order valence-corrected chi connectivity index (χ3v) is 4.83. The second-order valence-electron chi connectivity index (χ2n) is 6.67. The molecule has 1 aliphatic carbocycles. The van der Waals surface area contributed by atoms with Crippen LogP contribution in [0.1, 0.15) is 44.6 Å². The summed E-state index contributed by atoms with van der Waals surface area (Å²) < 4.78 is 5.30. The van der Waals surface area contributed by atoms with Crippen molar-refractivity contribution in [3.8, 4) is 5.75 Å². The Morgan fingerprint density at radius 2 is 1.92 bits per heavy atom. The molecule has 134 valence electrons. The molecule has 0 spiro atoms. The highest BCUT2D eigenvalue weighted by atomic mass is 16.5. The number of aromatic hydroxyl groups is 1. The van der Waals surface area contributed by atoms with Crippen LogP contribution in [-0.2, 0) is 11.3 Å². The average molecular weight is 333 g/mol. The van der Waals surface area contributed by atoms with Gasteiger partial charge in [0.25, 0.3) is 0 Å². The van der Waals surface area contributed by atoms with Gasteiger partial charge in [-0.25, -0.2) is 4.99 Å². The Kier molecular flexibility index (Phi) is 7.37. The first-order chi connectivity index (χ1) is 11.7. The van der Waals surface area contributed by atoms with Crippen LogP contribution in [0.5, 0.6) is 5.75 Å². The number of methoxy groups -OCH3 is 1. The van der Waals surface area contributed by atoms with Crippen molar-refractivity contribution in [1.82, 2.24) is 10.6 Å². The van der Waals surface area contributed by atoms with E-state index in [2.05, 4.69) is 22.5 Å². The number of aliphatic imine (C=N–C) groups is 1. The fraction of sp³-hybridized carbons (Fsp3) is 0.632. The number of hydrogen-bond acceptors (Lipinski definition) is 3. The standard InChI is InChI=1S/C19H31N3O2/c1-3-20-18(21-14-16-6-8-17(23)9-7-16)22-15-19(12-13-24-2)10-4-5-11-19/h6-9,23H,3-5,10-15H2,1-2H3,(H2,20,21,22). The maximum absolute atomic E-state index is 9.35. The molecule has 24 heavy (non-hydrogen) atoms. The van der Waals surface area contributed by atoms with Gasteiger partial charge in [0.05, 0.1) is 6.54 Å². The summed E-state index contributed by atoms with van der Waals surface area (Å²) in [5, 5.41) is 16.2. The summed E-state index contributed by atoms with van der Waals surface area (Å²) in [6.45, 7) is 5.28. The zero-order valence-electron chi connectivity index (χ0n) is 15.0. The van der Waals surface area contributed by atoms with Crippen LogP contribution in [0.3, 0.4) is 0 Å².